The Bertz CT molecular complexity index is 140. The third-order valence-electron chi connectivity index (χ3n) is 1.33. The van der Waals surface area contributed by atoms with Crippen molar-refractivity contribution in [3.05, 3.63) is 0 Å². The van der Waals surface area contributed by atoms with E-state index in [2.05, 4.69) is 39.6 Å². The predicted octanol–water partition coefficient (Wildman–Crippen LogP) is 2.05. The zero-order chi connectivity index (χ0) is 9.07. The monoisotopic (exact) mass is 156 g/mol. The maximum Gasteiger partial charge on any atom is 0.0963 e. The fraction of sp³-hybridized carbons (Fsp3) is 0.889. The fourth-order valence-electron chi connectivity index (χ4n) is 0.511. The van der Waals surface area contributed by atoms with Crippen LogP contribution in [0.1, 0.15) is 34.6 Å². The maximum absolute atomic E-state index is 5.67. The van der Waals surface area contributed by atoms with Gasteiger partial charge in [0.05, 0.1) is 5.84 Å². The Morgan fingerprint density at radius 3 is 2.09 bits per heavy atom. The van der Waals surface area contributed by atoms with Crippen molar-refractivity contribution < 1.29 is 0 Å². The van der Waals surface area contributed by atoms with E-state index in [4.69, 9.17) is 5.73 Å². The van der Waals surface area contributed by atoms with E-state index in [0.29, 0.717) is 5.92 Å². The summed E-state index contributed by atoms with van der Waals surface area (Å²) in [5, 5.41) is 0. The molecule has 11 heavy (non-hydrogen) atoms. The van der Waals surface area contributed by atoms with Crippen molar-refractivity contribution in [2.45, 2.75) is 34.6 Å². The highest BCUT2D eigenvalue weighted by Crippen LogP contribution is 2.12. The molecule has 0 saturated carbocycles. The van der Waals surface area contributed by atoms with Gasteiger partial charge in [0.2, 0.25) is 0 Å². The number of aliphatic imine (C=N–C) groups is 1. The summed E-state index contributed by atoms with van der Waals surface area (Å²) in [5.74, 6) is 1.14. The first kappa shape index (κ1) is 10.5. The SMILES string of the molecule is CC(C)C(N)=NCC(C)(C)C. The van der Waals surface area contributed by atoms with Crippen LogP contribution in [0.25, 0.3) is 0 Å². The summed E-state index contributed by atoms with van der Waals surface area (Å²) in [6.07, 6.45) is 0. The summed E-state index contributed by atoms with van der Waals surface area (Å²) in [5.41, 5.74) is 5.92. The lowest BCUT2D eigenvalue weighted by Gasteiger charge is -2.15. The molecule has 0 amide bonds. The molecule has 66 valence electrons. The molecule has 0 fully saturated rings. The first-order valence-corrected chi connectivity index (χ1v) is 4.13. The third kappa shape index (κ3) is 5.89. The minimum atomic E-state index is 0.250. The first-order chi connectivity index (χ1) is 4.83. The number of hydrogen-bond donors (Lipinski definition) is 1. The molecule has 0 aromatic rings. The second-order valence-corrected chi connectivity index (χ2v) is 4.46. The van der Waals surface area contributed by atoms with Gasteiger partial charge in [-0.05, 0) is 5.41 Å². The molecular weight excluding hydrogens is 136 g/mol. The van der Waals surface area contributed by atoms with E-state index in [9.17, 15) is 0 Å². The molecule has 0 aliphatic carbocycles. The van der Waals surface area contributed by atoms with E-state index in [1.165, 1.54) is 0 Å². The maximum atomic E-state index is 5.67. The summed E-state index contributed by atoms with van der Waals surface area (Å²) in [6.45, 7) is 11.4. The molecule has 0 rings (SSSR count). The topological polar surface area (TPSA) is 38.4 Å². The Morgan fingerprint density at radius 2 is 1.82 bits per heavy atom. The molecule has 0 heterocycles. The van der Waals surface area contributed by atoms with Gasteiger partial charge in [-0.1, -0.05) is 34.6 Å². The molecule has 0 aromatic carbocycles. The van der Waals surface area contributed by atoms with Gasteiger partial charge in [0.1, 0.15) is 0 Å². The molecule has 0 unspecified atom stereocenters. The van der Waals surface area contributed by atoms with E-state index in [1.807, 2.05) is 0 Å². The molecule has 0 aliphatic heterocycles. The van der Waals surface area contributed by atoms with Crippen LogP contribution in [0.3, 0.4) is 0 Å². The average molecular weight is 156 g/mol. The standard InChI is InChI=1S/C9H20N2/c1-7(2)8(10)11-6-9(3,4)5/h7H,6H2,1-5H3,(H2,10,11). The molecule has 2 N–H and O–H groups in total. The molecule has 0 saturated heterocycles. The van der Waals surface area contributed by atoms with Gasteiger partial charge in [-0.25, -0.2) is 0 Å². The second kappa shape index (κ2) is 3.74. The molecule has 2 heteroatoms. The molecule has 0 aromatic heterocycles. The number of rotatable bonds is 2. The van der Waals surface area contributed by atoms with Crippen LogP contribution in [0.15, 0.2) is 4.99 Å². The number of hydrogen-bond acceptors (Lipinski definition) is 1. The van der Waals surface area contributed by atoms with Gasteiger partial charge in [-0.15, -0.1) is 0 Å². The largest absolute Gasteiger partial charge is 0.387 e. The van der Waals surface area contributed by atoms with Gasteiger partial charge in [0.25, 0.3) is 0 Å². The van der Waals surface area contributed by atoms with Crippen molar-refractivity contribution in [1.82, 2.24) is 0 Å². The van der Waals surface area contributed by atoms with Crippen LogP contribution in [0.4, 0.5) is 0 Å². The molecule has 0 atom stereocenters. The van der Waals surface area contributed by atoms with Crippen LogP contribution >= 0.6 is 0 Å². The summed E-state index contributed by atoms with van der Waals surface area (Å²) in [7, 11) is 0. The van der Waals surface area contributed by atoms with Crippen LogP contribution in [-0.2, 0) is 0 Å². The third-order valence-corrected chi connectivity index (χ3v) is 1.33. The Hall–Kier alpha value is -0.530. The van der Waals surface area contributed by atoms with Crippen LogP contribution in [0.5, 0.6) is 0 Å². The van der Waals surface area contributed by atoms with E-state index >= 15 is 0 Å². The van der Waals surface area contributed by atoms with Crippen LogP contribution in [0, 0.1) is 11.3 Å². The first-order valence-electron chi connectivity index (χ1n) is 4.13. The molecule has 0 spiro atoms. The lowest BCUT2D eigenvalue weighted by atomic mass is 9.97. The van der Waals surface area contributed by atoms with E-state index in [0.717, 1.165) is 12.4 Å². The van der Waals surface area contributed by atoms with Crippen molar-refractivity contribution in [2.24, 2.45) is 22.1 Å². The zero-order valence-electron chi connectivity index (χ0n) is 8.31. The number of nitrogens with zero attached hydrogens (tertiary/aromatic N) is 1. The van der Waals surface area contributed by atoms with Gasteiger partial charge in [-0.3, -0.25) is 4.99 Å². The second-order valence-electron chi connectivity index (χ2n) is 4.46. The van der Waals surface area contributed by atoms with Crippen LogP contribution < -0.4 is 5.73 Å². The summed E-state index contributed by atoms with van der Waals surface area (Å²) in [6, 6.07) is 0. The highest BCUT2D eigenvalue weighted by Gasteiger charge is 2.09. The average Bonchev–Trinajstić information content (AvgIpc) is 1.80. The lowest BCUT2D eigenvalue weighted by Crippen LogP contribution is -2.21. The summed E-state index contributed by atoms with van der Waals surface area (Å²) in [4.78, 5) is 4.29. The highest BCUT2D eigenvalue weighted by molar-refractivity contribution is 5.82. The molecule has 2 nitrogen and oxygen atoms in total. The summed E-state index contributed by atoms with van der Waals surface area (Å²) >= 11 is 0. The normalized spacial score (nSPS) is 14.2. The lowest BCUT2D eigenvalue weighted by molar-refractivity contribution is 0.428. The van der Waals surface area contributed by atoms with Crippen molar-refractivity contribution in [3.63, 3.8) is 0 Å². The minimum Gasteiger partial charge on any atom is -0.387 e. The predicted molar refractivity (Wildman–Crippen MR) is 50.8 cm³/mol. The smallest absolute Gasteiger partial charge is 0.0963 e. The van der Waals surface area contributed by atoms with E-state index < -0.39 is 0 Å². The quantitative estimate of drug-likeness (QED) is 0.482. The van der Waals surface area contributed by atoms with Crippen molar-refractivity contribution in [2.75, 3.05) is 6.54 Å². The summed E-state index contributed by atoms with van der Waals surface area (Å²) < 4.78 is 0. The van der Waals surface area contributed by atoms with Crippen molar-refractivity contribution >= 4 is 5.84 Å². The van der Waals surface area contributed by atoms with E-state index in [-0.39, 0.29) is 5.41 Å². The van der Waals surface area contributed by atoms with Gasteiger partial charge in [0, 0.05) is 12.5 Å². The Kier molecular flexibility index (Phi) is 3.56. The van der Waals surface area contributed by atoms with Gasteiger partial charge in [0.15, 0.2) is 0 Å². The van der Waals surface area contributed by atoms with Gasteiger partial charge in [-0.2, -0.15) is 0 Å². The zero-order valence-corrected chi connectivity index (χ0v) is 8.31. The molecule has 0 aliphatic rings. The highest BCUT2D eigenvalue weighted by atomic mass is 14.9. The number of nitrogens with two attached hydrogens (primary N) is 1. The molecule has 0 bridgehead atoms. The minimum absolute atomic E-state index is 0.250. The molecule has 0 radical (unpaired) electrons. The Morgan fingerprint density at radius 1 is 1.36 bits per heavy atom. The van der Waals surface area contributed by atoms with Crippen LogP contribution in [-0.4, -0.2) is 12.4 Å². The van der Waals surface area contributed by atoms with Crippen LogP contribution in [0.2, 0.25) is 0 Å². The van der Waals surface area contributed by atoms with Gasteiger partial charge >= 0.3 is 0 Å². The van der Waals surface area contributed by atoms with Gasteiger partial charge < -0.3 is 5.73 Å². The Balaban J connectivity index is 3.93. The van der Waals surface area contributed by atoms with Crippen molar-refractivity contribution in [1.29, 1.82) is 0 Å². The molecular formula is C9H20N2. The Labute approximate surface area is 69.9 Å². The fourth-order valence-corrected chi connectivity index (χ4v) is 0.511. The van der Waals surface area contributed by atoms with E-state index in [1.54, 1.807) is 0 Å². The van der Waals surface area contributed by atoms with Crippen molar-refractivity contribution in [3.8, 4) is 0 Å². The number of amidine groups is 1.